The summed E-state index contributed by atoms with van der Waals surface area (Å²) < 4.78 is 18.6. The number of nitrogens with two attached hydrogens (primary N) is 1. The highest BCUT2D eigenvalue weighted by Gasteiger charge is 2.18. The number of nitrogens with zero attached hydrogens (tertiary/aromatic N) is 1. The molecule has 0 aliphatic heterocycles. The fourth-order valence-electron chi connectivity index (χ4n) is 3.11. The normalized spacial score (nSPS) is 12.2. The second kappa shape index (κ2) is 7.66. The molecule has 1 unspecified atom stereocenters. The van der Waals surface area contributed by atoms with E-state index in [0.717, 1.165) is 16.5 Å². The van der Waals surface area contributed by atoms with E-state index in [2.05, 4.69) is 15.3 Å². The molecule has 1 amide bonds. The Morgan fingerprint density at radius 2 is 2.11 bits per heavy atom. The highest BCUT2D eigenvalue weighted by Crippen LogP contribution is 2.23. The Kier molecular flexibility index (Phi) is 4.90. The number of aromatic amines is 1. The number of carbonyl (C=O) groups excluding carboxylic acids is 1. The molecule has 0 saturated carbocycles. The Morgan fingerprint density at radius 1 is 1.25 bits per heavy atom. The molecular weight excluding hydrogens is 359 g/mol. The third-order valence-electron chi connectivity index (χ3n) is 4.53. The molecule has 0 fully saturated rings. The van der Waals surface area contributed by atoms with Gasteiger partial charge in [-0.3, -0.25) is 4.79 Å². The number of halogens is 1. The Bertz CT molecular complexity index is 1120. The molecule has 142 valence electrons. The van der Waals surface area contributed by atoms with Gasteiger partial charge in [-0.1, -0.05) is 30.3 Å². The second-order valence-electron chi connectivity index (χ2n) is 6.55. The van der Waals surface area contributed by atoms with E-state index in [0.29, 0.717) is 17.9 Å². The van der Waals surface area contributed by atoms with E-state index in [4.69, 9.17) is 10.2 Å². The molecule has 0 spiro atoms. The first kappa shape index (κ1) is 17.9. The number of carbonyl (C=O) groups is 1. The molecule has 2 heterocycles. The third kappa shape index (κ3) is 3.79. The van der Waals surface area contributed by atoms with E-state index in [-0.39, 0.29) is 18.1 Å². The Labute approximate surface area is 160 Å². The molecule has 2 aromatic carbocycles. The molecule has 6 nitrogen and oxygen atoms in total. The fourth-order valence-corrected chi connectivity index (χ4v) is 3.11. The van der Waals surface area contributed by atoms with Crippen LogP contribution in [0.1, 0.15) is 33.5 Å². The zero-order valence-corrected chi connectivity index (χ0v) is 15.0. The number of nitrogens with one attached hydrogen (secondary N) is 2. The van der Waals surface area contributed by atoms with Crippen molar-refractivity contribution < 1.29 is 13.6 Å². The smallest absolute Gasteiger partial charge is 0.273 e. The van der Waals surface area contributed by atoms with Crippen LogP contribution in [0.2, 0.25) is 0 Å². The van der Waals surface area contributed by atoms with Gasteiger partial charge in [-0.05, 0) is 35.7 Å². The molecule has 4 aromatic rings. The van der Waals surface area contributed by atoms with Gasteiger partial charge in [-0.2, -0.15) is 0 Å². The van der Waals surface area contributed by atoms with Gasteiger partial charge >= 0.3 is 0 Å². The monoisotopic (exact) mass is 378 g/mol. The van der Waals surface area contributed by atoms with Gasteiger partial charge in [-0.15, -0.1) is 0 Å². The van der Waals surface area contributed by atoms with E-state index < -0.39 is 11.9 Å². The Morgan fingerprint density at radius 3 is 2.96 bits per heavy atom. The third-order valence-corrected chi connectivity index (χ3v) is 4.53. The summed E-state index contributed by atoms with van der Waals surface area (Å²) in [7, 11) is 0. The summed E-state index contributed by atoms with van der Waals surface area (Å²) in [5.41, 5.74) is 9.12. The van der Waals surface area contributed by atoms with E-state index in [1.165, 1.54) is 18.4 Å². The van der Waals surface area contributed by atoms with Gasteiger partial charge in [-0.25, -0.2) is 9.37 Å². The van der Waals surface area contributed by atoms with Crippen LogP contribution in [0.25, 0.3) is 10.9 Å². The number of oxazole rings is 1. The lowest BCUT2D eigenvalue weighted by atomic mass is 10.1. The molecule has 0 bridgehead atoms. The van der Waals surface area contributed by atoms with Crippen LogP contribution < -0.4 is 11.1 Å². The number of fused-ring (bicyclic) bond motifs is 1. The van der Waals surface area contributed by atoms with Gasteiger partial charge in [0.2, 0.25) is 5.89 Å². The van der Waals surface area contributed by atoms with Gasteiger partial charge in [0.05, 0.1) is 6.04 Å². The standard InChI is InChI=1S/C21H19FN4O2/c22-15-5-3-4-13(8-15)10-25-20(27)19-12-28-21(26-19)17(23)9-14-11-24-18-7-2-1-6-16(14)18/h1-8,11-12,17,24H,9-10,23H2,(H,25,27). The lowest BCUT2D eigenvalue weighted by Crippen LogP contribution is -2.23. The molecule has 0 aliphatic rings. The molecule has 4 N–H and O–H groups in total. The van der Waals surface area contributed by atoms with Crippen molar-refractivity contribution in [2.75, 3.05) is 0 Å². The zero-order chi connectivity index (χ0) is 19.5. The number of amides is 1. The molecule has 0 aliphatic carbocycles. The minimum atomic E-state index is -0.482. The van der Waals surface area contributed by atoms with Crippen molar-refractivity contribution in [3.05, 3.63) is 89.5 Å². The molecule has 28 heavy (non-hydrogen) atoms. The van der Waals surface area contributed by atoms with Crippen molar-refractivity contribution in [3.63, 3.8) is 0 Å². The largest absolute Gasteiger partial charge is 0.446 e. The van der Waals surface area contributed by atoms with Gasteiger partial charge in [0.15, 0.2) is 5.69 Å². The number of para-hydroxylation sites is 1. The predicted octanol–water partition coefficient (Wildman–Crippen LogP) is 3.47. The van der Waals surface area contributed by atoms with Crippen LogP contribution in [0, 0.1) is 5.82 Å². The minimum Gasteiger partial charge on any atom is -0.446 e. The number of aromatic nitrogens is 2. The number of benzene rings is 2. The summed E-state index contributed by atoms with van der Waals surface area (Å²) in [4.78, 5) is 19.7. The van der Waals surface area contributed by atoms with Crippen molar-refractivity contribution in [2.45, 2.75) is 19.0 Å². The number of hydrogen-bond donors (Lipinski definition) is 3. The van der Waals surface area contributed by atoms with Crippen LogP contribution in [0.5, 0.6) is 0 Å². The fraction of sp³-hybridized carbons (Fsp3) is 0.143. The van der Waals surface area contributed by atoms with Gasteiger partial charge in [0.1, 0.15) is 12.1 Å². The number of H-pyrrole nitrogens is 1. The molecule has 0 radical (unpaired) electrons. The van der Waals surface area contributed by atoms with Crippen LogP contribution in [-0.2, 0) is 13.0 Å². The predicted molar refractivity (Wildman–Crippen MR) is 103 cm³/mol. The lowest BCUT2D eigenvalue weighted by molar-refractivity contribution is 0.0946. The van der Waals surface area contributed by atoms with Gasteiger partial charge < -0.3 is 20.5 Å². The first-order valence-electron chi connectivity index (χ1n) is 8.89. The van der Waals surface area contributed by atoms with E-state index in [1.54, 1.807) is 12.1 Å². The van der Waals surface area contributed by atoms with Gasteiger partial charge in [0.25, 0.3) is 5.91 Å². The van der Waals surface area contributed by atoms with Crippen molar-refractivity contribution in [1.82, 2.24) is 15.3 Å². The molecule has 1 atom stereocenters. The van der Waals surface area contributed by atoms with Crippen LogP contribution in [-0.4, -0.2) is 15.9 Å². The SMILES string of the molecule is NC(Cc1c[nH]c2ccccc12)c1nc(C(=O)NCc2cccc(F)c2)co1. The maximum atomic E-state index is 13.2. The summed E-state index contributed by atoms with van der Waals surface area (Å²) in [6, 6.07) is 13.5. The van der Waals surface area contributed by atoms with E-state index in [1.807, 2.05) is 30.5 Å². The van der Waals surface area contributed by atoms with Gasteiger partial charge in [0, 0.05) is 23.6 Å². The topological polar surface area (TPSA) is 96.9 Å². The summed E-state index contributed by atoms with van der Waals surface area (Å²) in [6.07, 6.45) is 3.72. The summed E-state index contributed by atoms with van der Waals surface area (Å²) >= 11 is 0. The van der Waals surface area contributed by atoms with Crippen LogP contribution in [0.3, 0.4) is 0 Å². The molecular formula is C21H19FN4O2. The van der Waals surface area contributed by atoms with Crippen molar-refractivity contribution >= 4 is 16.8 Å². The van der Waals surface area contributed by atoms with Crippen molar-refractivity contribution in [1.29, 1.82) is 0 Å². The second-order valence-corrected chi connectivity index (χ2v) is 6.55. The van der Waals surface area contributed by atoms with Crippen LogP contribution in [0.4, 0.5) is 4.39 Å². The maximum absolute atomic E-state index is 13.2. The Balaban J connectivity index is 1.41. The highest BCUT2D eigenvalue weighted by atomic mass is 19.1. The molecule has 0 saturated heterocycles. The van der Waals surface area contributed by atoms with Crippen LogP contribution in [0.15, 0.2) is 65.4 Å². The zero-order valence-electron chi connectivity index (χ0n) is 15.0. The first-order chi connectivity index (χ1) is 13.6. The maximum Gasteiger partial charge on any atom is 0.273 e. The average molecular weight is 378 g/mol. The number of hydrogen-bond acceptors (Lipinski definition) is 4. The van der Waals surface area contributed by atoms with Crippen LogP contribution >= 0.6 is 0 Å². The van der Waals surface area contributed by atoms with Crippen molar-refractivity contribution in [2.24, 2.45) is 5.73 Å². The summed E-state index contributed by atoms with van der Waals surface area (Å²) in [5.74, 6) is -0.460. The highest BCUT2D eigenvalue weighted by molar-refractivity contribution is 5.91. The summed E-state index contributed by atoms with van der Waals surface area (Å²) in [5, 5.41) is 3.79. The Hall–Kier alpha value is -3.45. The average Bonchev–Trinajstić information content (AvgIpc) is 3.34. The lowest BCUT2D eigenvalue weighted by Gasteiger charge is -2.06. The van der Waals surface area contributed by atoms with Crippen molar-refractivity contribution in [3.8, 4) is 0 Å². The number of rotatable bonds is 6. The quantitative estimate of drug-likeness (QED) is 0.479. The first-order valence-corrected chi connectivity index (χ1v) is 8.89. The molecule has 4 rings (SSSR count). The minimum absolute atomic E-state index is 0.140. The molecule has 7 heteroatoms. The van der Waals surface area contributed by atoms with E-state index in [9.17, 15) is 9.18 Å². The molecule has 2 aromatic heterocycles. The summed E-state index contributed by atoms with van der Waals surface area (Å²) in [6.45, 7) is 0.195. The van der Waals surface area contributed by atoms with E-state index >= 15 is 0 Å².